The first-order valence-corrected chi connectivity index (χ1v) is 16.5. The standard InChI is InChI=1S/C29H30Cl2N2O6S2/c1-37-25-12-11-19(15-27(25)38-20-7-5-6-8-20)26(16-22-23(30)17-32-18-24(22)31)39-29(34)28-33(13-14-40-28)41(35,36)21-9-3-2-4-10-21/h2-4,9-12,15,17-18,20,26,28H,5-8,13-14,16H2,1H3. The SMILES string of the molecule is COc1ccc(C(Cc2c(Cl)cncc2Cl)OC(=O)C2SCCN2S(=O)(=O)c2ccccc2)cc1OC1CCCC1. The average molecular weight is 638 g/mol. The van der Waals surface area contributed by atoms with Gasteiger partial charge in [-0.2, -0.15) is 4.31 Å². The van der Waals surface area contributed by atoms with Crippen LogP contribution in [-0.2, 0) is 26.0 Å². The third kappa shape index (κ3) is 6.78. The van der Waals surface area contributed by atoms with Gasteiger partial charge in [0, 0.05) is 31.1 Å². The Morgan fingerprint density at radius 3 is 2.46 bits per heavy atom. The lowest BCUT2D eigenvalue weighted by atomic mass is 10.0. The molecular formula is C29H30Cl2N2O6S2. The summed E-state index contributed by atoms with van der Waals surface area (Å²) in [5.41, 5.74) is 1.19. The maximum Gasteiger partial charge on any atom is 0.335 e. The highest BCUT2D eigenvalue weighted by Crippen LogP contribution is 2.39. The molecule has 0 amide bonds. The van der Waals surface area contributed by atoms with E-state index in [1.54, 1.807) is 43.5 Å². The number of ether oxygens (including phenoxy) is 3. The second-order valence-corrected chi connectivity index (χ2v) is 13.7. The number of thioether (sulfide) groups is 1. The van der Waals surface area contributed by atoms with Gasteiger partial charge >= 0.3 is 5.97 Å². The summed E-state index contributed by atoms with van der Waals surface area (Å²) in [5.74, 6) is 0.901. The molecule has 12 heteroatoms. The molecule has 2 heterocycles. The van der Waals surface area contributed by atoms with Crippen LogP contribution in [0.3, 0.4) is 0 Å². The summed E-state index contributed by atoms with van der Waals surface area (Å²) in [5, 5.41) is -0.380. The van der Waals surface area contributed by atoms with Crippen molar-refractivity contribution in [2.24, 2.45) is 0 Å². The zero-order chi connectivity index (χ0) is 29.0. The Balaban J connectivity index is 1.46. The first-order valence-electron chi connectivity index (χ1n) is 13.3. The number of carbonyl (C=O) groups excluding carboxylic acids is 1. The smallest absolute Gasteiger partial charge is 0.335 e. The largest absolute Gasteiger partial charge is 0.493 e. The molecule has 2 aromatic carbocycles. The molecule has 1 aliphatic heterocycles. The normalized spacial score (nSPS) is 18.8. The van der Waals surface area contributed by atoms with Crippen LogP contribution in [-0.4, -0.2) is 54.6 Å². The number of rotatable bonds is 10. The van der Waals surface area contributed by atoms with Crippen molar-refractivity contribution in [2.75, 3.05) is 19.4 Å². The molecule has 8 nitrogen and oxygen atoms in total. The molecule has 5 rings (SSSR count). The molecule has 0 spiro atoms. The average Bonchev–Trinajstić information content (AvgIpc) is 3.68. The minimum Gasteiger partial charge on any atom is -0.493 e. The lowest BCUT2D eigenvalue weighted by Crippen LogP contribution is -2.40. The number of nitrogens with zero attached hydrogens (tertiary/aromatic N) is 2. The van der Waals surface area contributed by atoms with Gasteiger partial charge in [0.1, 0.15) is 6.10 Å². The molecule has 0 radical (unpaired) electrons. The van der Waals surface area contributed by atoms with Gasteiger partial charge in [0.25, 0.3) is 0 Å². The van der Waals surface area contributed by atoms with Crippen LogP contribution in [0.15, 0.2) is 65.8 Å². The van der Waals surface area contributed by atoms with Crippen LogP contribution in [0.1, 0.15) is 42.9 Å². The van der Waals surface area contributed by atoms with E-state index >= 15 is 0 Å². The Morgan fingerprint density at radius 2 is 1.78 bits per heavy atom. The number of carbonyl (C=O) groups is 1. The van der Waals surface area contributed by atoms with E-state index in [2.05, 4.69) is 4.98 Å². The summed E-state index contributed by atoms with van der Waals surface area (Å²) >= 11 is 14.1. The number of methoxy groups -OCH3 is 1. The number of benzene rings is 2. The van der Waals surface area contributed by atoms with E-state index in [0.717, 1.165) is 25.7 Å². The van der Waals surface area contributed by atoms with E-state index in [-0.39, 0.29) is 24.0 Å². The number of halogens is 2. The van der Waals surface area contributed by atoms with Crippen molar-refractivity contribution >= 4 is 51.0 Å². The lowest BCUT2D eigenvalue weighted by Gasteiger charge is -2.26. The zero-order valence-corrected chi connectivity index (χ0v) is 25.5. The monoisotopic (exact) mass is 636 g/mol. The van der Waals surface area contributed by atoms with Crippen molar-refractivity contribution < 1.29 is 27.4 Å². The van der Waals surface area contributed by atoms with Crippen molar-refractivity contribution in [3.63, 3.8) is 0 Å². The predicted molar refractivity (Wildman–Crippen MR) is 159 cm³/mol. The molecular weight excluding hydrogens is 607 g/mol. The molecule has 1 saturated heterocycles. The number of hydrogen-bond acceptors (Lipinski definition) is 8. The summed E-state index contributed by atoms with van der Waals surface area (Å²) < 4.78 is 45.9. The molecule has 1 aliphatic carbocycles. The second-order valence-electron chi connectivity index (χ2n) is 9.80. The van der Waals surface area contributed by atoms with Gasteiger partial charge in [0.2, 0.25) is 10.0 Å². The topological polar surface area (TPSA) is 95.0 Å². The van der Waals surface area contributed by atoms with Gasteiger partial charge in [-0.05, 0) is 61.1 Å². The molecule has 1 saturated carbocycles. The molecule has 2 fully saturated rings. The van der Waals surface area contributed by atoms with Gasteiger partial charge in [-0.15, -0.1) is 11.8 Å². The zero-order valence-electron chi connectivity index (χ0n) is 22.4. The van der Waals surface area contributed by atoms with Crippen LogP contribution in [0.25, 0.3) is 0 Å². The van der Waals surface area contributed by atoms with Crippen LogP contribution in [0, 0.1) is 0 Å². The Bertz CT molecular complexity index is 1470. The summed E-state index contributed by atoms with van der Waals surface area (Å²) in [6, 6.07) is 13.4. The Labute approximate surface area is 254 Å². The van der Waals surface area contributed by atoms with Crippen molar-refractivity contribution in [2.45, 2.75) is 54.6 Å². The Kier molecular flexibility index (Phi) is 9.66. The van der Waals surface area contributed by atoms with E-state index in [0.29, 0.717) is 38.4 Å². The van der Waals surface area contributed by atoms with Crippen LogP contribution in [0.4, 0.5) is 0 Å². The van der Waals surface area contributed by atoms with E-state index in [1.165, 1.54) is 40.6 Å². The highest BCUT2D eigenvalue weighted by molar-refractivity contribution is 8.02. The Morgan fingerprint density at radius 1 is 1.07 bits per heavy atom. The van der Waals surface area contributed by atoms with Crippen molar-refractivity contribution in [3.8, 4) is 11.5 Å². The molecule has 2 atom stereocenters. The number of esters is 1. The number of pyridine rings is 1. The Hall–Kier alpha value is -2.50. The third-order valence-electron chi connectivity index (χ3n) is 7.16. The fourth-order valence-electron chi connectivity index (χ4n) is 5.03. The highest BCUT2D eigenvalue weighted by Gasteiger charge is 2.42. The van der Waals surface area contributed by atoms with Crippen LogP contribution < -0.4 is 9.47 Å². The van der Waals surface area contributed by atoms with Gasteiger partial charge < -0.3 is 14.2 Å². The second kappa shape index (κ2) is 13.2. The number of aromatic nitrogens is 1. The molecule has 3 aromatic rings. The molecule has 2 unspecified atom stereocenters. The van der Waals surface area contributed by atoms with E-state index in [4.69, 9.17) is 37.4 Å². The van der Waals surface area contributed by atoms with Gasteiger partial charge in [-0.1, -0.05) is 47.5 Å². The van der Waals surface area contributed by atoms with Gasteiger partial charge in [0.15, 0.2) is 16.9 Å². The van der Waals surface area contributed by atoms with Crippen LogP contribution in [0.5, 0.6) is 11.5 Å². The minimum absolute atomic E-state index is 0.0795. The van der Waals surface area contributed by atoms with Crippen molar-refractivity contribution in [3.05, 3.63) is 82.1 Å². The molecule has 218 valence electrons. The maximum atomic E-state index is 13.7. The number of hydrogen-bond donors (Lipinski definition) is 0. The predicted octanol–water partition coefficient (Wildman–Crippen LogP) is 6.31. The third-order valence-corrected chi connectivity index (χ3v) is 11.0. The highest BCUT2D eigenvalue weighted by atomic mass is 35.5. The molecule has 2 aliphatic rings. The fraction of sp³-hybridized carbons (Fsp3) is 0.379. The van der Waals surface area contributed by atoms with Crippen LogP contribution >= 0.6 is 35.0 Å². The van der Waals surface area contributed by atoms with E-state index < -0.39 is 27.5 Å². The van der Waals surface area contributed by atoms with E-state index in [1.807, 2.05) is 0 Å². The van der Waals surface area contributed by atoms with Gasteiger partial charge in [-0.25, -0.2) is 13.2 Å². The quantitative estimate of drug-likeness (QED) is 0.239. The fourth-order valence-corrected chi connectivity index (χ4v) is 8.62. The first kappa shape index (κ1) is 30.0. The summed E-state index contributed by atoms with van der Waals surface area (Å²) in [6.07, 6.45) is 6.45. The molecule has 0 N–H and O–H groups in total. The first-order chi connectivity index (χ1) is 19.8. The maximum absolute atomic E-state index is 13.7. The van der Waals surface area contributed by atoms with E-state index in [9.17, 15) is 13.2 Å². The lowest BCUT2D eigenvalue weighted by molar-refractivity contribution is -0.150. The molecule has 0 bridgehead atoms. The molecule has 41 heavy (non-hydrogen) atoms. The van der Waals surface area contributed by atoms with Crippen molar-refractivity contribution in [1.29, 1.82) is 0 Å². The van der Waals surface area contributed by atoms with Crippen molar-refractivity contribution in [1.82, 2.24) is 9.29 Å². The summed E-state index contributed by atoms with van der Waals surface area (Å²) in [4.78, 5) is 17.8. The van der Waals surface area contributed by atoms with Gasteiger partial charge in [0.05, 0.1) is 28.2 Å². The van der Waals surface area contributed by atoms with Gasteiger partial charge in [-0.3, -0.25) is 4.98 Å². The summed E-state index contributed by atoms with van der Waals surface area (Å²) in [6.45, 7) is 0.191. The number of sulfonamides is 1. The van der Waals surface area contributed by atoms with Crippen LogP contribution in [0.2, 0.25) is 10.0 Å². The molecule has 1 aromatic heterocycles. The minimum atomic E-state index is -3.91. The summed E-state index contributed by atoms with van der Waals surface area (Å²) in [7, 11) is -2.34.